The van der Waals surface area contributed by atoms with E-state index in [4.69, 9.17) is 4.74 Å². The van der Waals surface area contributed by atoms with Crippen molar-refractivity contribution in [3.63, 3.8) is 0 Å². The number of hydrogen-bond acceptors (Lipinski definition) is 4. The Balaban J connectivity index is 0.00000306. The topological polar surface area (TPSA) is 74.2 Å². The van der Waals surface area contributed by atoms with Crippen LogP contribution in [0.3, 0.4) is 0 Å². The lowest BCUT2D eigenvalue weighted by molar-refractivity contribution is 0.0652. The minimum absolute atomic E-state index is 0. The maximum Gasteiger partial charge on any atom is 0.261 e. The SMILES string of the molecule is CN=C(NCCCCN1C(=O)c2ccccc2C1=O)N1CCC(c2ccc(OC)cc2)C1.I. The Morgan fingerprint density at radius 1 is 1.06 bits per heavy atom. The molecule has 1 N–H and O–H groups in total. The minimum atomic E-state index is -0.184. The molecule has 1 saturated heterocycles. The van der Waals surface area contributed by atoms with Crippen molar-refractivity contribution < 1.29 is 14.3 Å². The summed E-state index contributed by atoms with van der Waals surface area (Å²) in [6.07, 6.45) is 2.69. The number of nitrogens with zero attached hydrogens (tertiary/aromatic N) is 3. The molecule has 2 amide bonds. The molecule has 1 unspecified atom stereocenters. The number of hydrogen-bond donors (Lipinski definition) is 1. The molecule has 0 radical (unpaired) electrons. The number of guanidine groups is 1. The molecule has 0 bridgehead atoms. The van der Waals surface area contributed by atoms with Gasteiger partial charge in [0.25, 0.3) is 11.8 Å². The number of likely N-dealkylation sites (tertiary alicyclic amines) is 1. The first kappa shape index (κ1) is 25.0. The van der Waals surface area contributed by atoms with Crippen LogP contribution in [0.5, 0.6) is 5.75 Å². The summed E-state index contributed by atoms with van der Waals surface area (Å²) in [5, 5.41) is 3.43. The molecule has 2 aliphatic rings. The van der Waals surface area contributed by atoms with Gasteiger partial charge in [-0.15, -0.1) is 24.0 Å². The molecule has 2 aliphatic heterocycles. The molecule has 176 valence electrons. The third-order valence-corrected chi connectivity index (χ3v) is 6.26. The van der Waals surface area contributed by atoms with Crippen LogP contribution in [0.25, 0.3) is 0 Å². The first-order valence-corrected chi connectivity index (χ1v) is 11.2. The second-order valence-electron chi connectivity index (χ2n) is 8.19. The van der Waals surface area contributed by atoms with Crippen LogP contribution < -0.4 is 10.1 Å². The van der Waals surface area contributed by atoms with Crippen molar-refractivity contribution in [1.29, 1.82) is 0 Å². The van der Waals surface area contributed by atoms with Gasteiger partial charge in [-0.3, -0.25) is 19.5 Å². The van der Waals surface area contributed by atoms with Crippen molar-refractivity contribution >= 4 is 41.8 Å². The summed E-state index contributed by atoms with van der Waals surface area (Å²) in [5.74, 6) is 1.89. The van der Waals surface area contributed by atoms with Crippen molar-refractivity contribution in [2.24, 2.45) is 4.99 Å². The Bertz CT molecular complexity index is 974. The molecule has 1 atom stereocenters. The number of methoxy groups -OCH3 is 1. The number of unbranched alkanes of at least 4 members (excludes halogenated alkanes) is 1. The number of benzene rings is 2. The number of fused-ring (bicyclic) bond motifs is 1. The normalized spacial score (nSPS) is 17.8. The smallest absolute Gasteiger partial charge is 0.261 e. The van der Waals surface area contributed by atoms with Crippen molar-refractivity contribution in [3.8, 4) is 5.75 Å². The van der Waals surface area contributed by atoms with E-state index in [-0.39, 0.29) is 35.8 Å². The first-order valence-electron chi connectivity index (χ1n) is 11.2. The van der Waals surface area contributed by atoms with Gasteiger partial charge in [0.15, 0.2) is 5.96 Å². The Labute approximate surface area is 212 Å². The second-order valence-corrected chi connectivity index (χ2v) is 8.19. The van der Waals surface area contributed by atoms with Gasteiger partial charge in [0.1, 0.15) is 5.75 Å². The predicted molar refractivity (Wildman–Crippen MR) is 140 cm³/mol. The fourth-order valence-corrected chi connectivity index (χ4v) is 4.47. The number of nitrogens with one attached hydrogen (secondary N) is 1. The average Bonchev–Trinajstić information content (AvgIpc) is 3.41. The average molecular weight is 562 g/mol. The van der Waals surface area contributed by atoms with Crippen LogP contribution in [0.1, 0.15) is 51.5 Å². The molecule has 1 fully saturated rings. The zero-order valence-electron chi connectivity index (χ0n) is 19.1. The standard InChI is InChI=1S/C25H30N4O3.HI/c1-26-25(28-16-13-19(17-28)18-9-11-20(32-2)12-10-18)27-14-5-6-15-29-23(30)21-7-3-4-8-22(21)24(29)31;/h3-4,7-12,19H,5-6,13-17H2,1-2H3,(H,26,27);1H. The maximum atomic E-state index is 12.4. The fourth-order valence-electron chi connectivity index (χ4n) is 4.47. The third-order valence-electron chi connectivity index (χ3n) is 6.26. The summed E-state index contributed by atoms with van der Waals surface area (Å²) in [7, 11) is 3.49. The molecule has 33 heavy (non-hydrogen) atoms. The molecule has 2 aromatic rings. The van der Waals surface area contributed by atoms with Crippen LogP contribution in [0, 0.1) is 0 Å². The van der Waals surface area contributed by atoms with Gasteiger partial charge < -0.3 is 15.0 Å². The Morgan fingerprint density at radius 2 is 1.73 bits per heavy atom. The van der Waals surface area contributed by atoms with E-state index in [0.717, 1.165) is 50.6 Å². The van der Waals surface area contributed by atoms with E-state index in [9.17, 15) is 9.59 Å². The molecular weight excluding hydrogens is 531 g/mol. The van der Waals surface area contributed by atoms with E-state index in [2.05, 4.69) is 27.3 Å². The van der Waals surface area contributed by atoms with Crippen LogP contribution >= 0.6 is 24.0 Å². The highest BCUT2D eigenvalue weighted by Gasteiger charge is 2.34. The predicted octanol–water partition coefficient (Wildman–Crippen LogP) is 3.75. The third kappa shape index (κ3) is 5.48. The quantitative estimate of drug-likeness (QED) is 0.183. The van der Waals surface area contributed by atoms with Crippen molar-refractivity contribution in [1.82, 2.24) is 15.1 Å². The molecule has 0 spiro atoms. The summed E-state index contributed by atoms with van der Waals surface area (Å²) < 4.78 is 5.25. The summed E-state index contributed by atoms with van der Waals surface area (Å²) in [6, 6.07) is 15.3. The summed E-state index contributed by atoms with van der Waals surface area (Å²) in [4.78, 5) is 33.0. The van der Waals surface area contributed by atoms with E-state index in [1.165, 1.54) is 10.5 Å². The second kappa shape index (κ2) is 11.5. The lowest BCUT2D eigenvalue weighted by atomic mass is 9.98. The van der Waals surface area contributed by atoms with Crippen LogP contribution in [-0.2, 0) is 0 Å². The van der Waals surface area contributed by atoms with Gasteiger partial charge >= 0.3 is 0 Å². The number of carbonyl (C=O) groups is 2. The first-order chi connectivity index (χ1) is 15.6. The molecule has 8 heteroatoms. The number of amides is 2. The van der Waals surface area contributed by atoms with Gasteiger partial charge in [0, 0.05) is 39.1 Å². The molecule has 0 aromatic heterocycles. The molecule has 2 aromatic carbocycles. The van der Waals surface area contributed by atoms with E-state index in [1.807, 2.05) is 19.2 Å². The number of rotatable bonds is 7. The Kier molecular flexibility index (Phi) is 8.71. The molecule has 7 nitrogen and oxygen atoms in total. The summed E-state index contributed by atoms with van der Waals surface area (Å²) in [5.41, 5.74) is 2.35. The number of carbonyl (C=O) groups excluding carboxylic acids is 2. The molecule has 0 aliphatic carbocycles. The summed E-state index contributed by atoms with van der Waals surface area (Å²) in [6.45, 7) is 3.09. The molecule has 0 saturated carbocycles. The number of imide groups is 1. The van der Waals surface area contributed by atoms with Crippen molar-refractivity contribution in [2.75, 3.05) is 40.3 Å². The molecule has 2 heterocycles. The van der Waals surface area contributed by atoms with E-state index < -0.39 is 0 Å². The lowest BCUT2D eigenvalue weighted by Gasteiger charge is -2.22. The monoisotopic (exact) mass is 562 g/mol. The Morgan fingerprint density at radius 3 is 2.33 bits per heavy atom. The van der Waals surface area contributed by atoms with Gasteiger partial charge in [-0.25, -0.2) is 0 Å². The maximum absolute atomic E-state index is 12.4. The highest BCUT2D eigenvalue weighted by atomic mass is 127. The van der Waals surface area contributed by atoms with E-state index >= 15 is 0 Å². The van der Waals surface area contributed by atoms with Crippen molar-refractivity contribution in [3.05, 3.63) is 65.2 Å². The van der Waals surface area contributed by atoms with Gasteiger partial charge in [0.05, 0.1) is 18.2 Å². The summed E-state index contributed by atoms with van der Waals surface area (Å²) >= 11 is 0. The van der Waals surface area contributed by atoms with Crippen LogP contribution in [0.2, 0.25) is 0 Å². The van der Waals surface area contributed by atoms with Crippen LogP contribution in [-0.4, -0.2) is 67.9 Å². The van der Waals surface area contributed by atoms with Gasteiger partial charge in [0.2, 0.25) is 0 Å². The highest BCUT2D eigenvalue weighted by Crippen LogP contribution is 2.28. The van der Waals surface area contributed by atoms with Gasteiger partial charge in [-0.1, -0.05) is 24.3 Å². The zero-order chi connectivity index (χ0) is 22.5. The highest BCUT2D eigenvalue weighted by molar-refractivity contribution is 14.0. The lowest BCUT2D eigenvalue weighted by Crippen LogP contribution is -2.40. The van der Waals surface area contributed by atoms with Crippen LogP contribution in [0.15, 0.2) is 53.5 Å². The largest absolute Gasteiger partial charge is 0.497 e. The number of aliphatic imine (C=N–C) groups is 1. The van der Waals surface area contributed by atoms with E-state index in [1.54, 1.807) is 31.4 Å². The molecular formula is C25H31IN4O3. The number of ether oxygens (including phenoxy) is 1. The van der Waals surface area contributed by atoms with E-state index in [0.29, 0.717) is 23.6 Å². The zero-order valence-corrected chi connectivity index (χ0v) is 21.5. The van der Waals surface area contributed by atoms with Gasteiger partial charge in [-0.05, 0) is 49.1 Å². The fraction of sp³-hybridized carbons (Fsp3) is 0.400. The molecule has 4 rings (SSSR count). The Hall–Kier alpha value is -2.62. The van der Waals surface area contributed by atoms with Crippen molar-refractivity contribution in [2.45, 2.75) is 25.2 Å². The minimum Gasteiger partial charge on any atom is -0.497 e. The van der Waals surface area contributed by atoms with Gasteiger partial charge in [-0.2, -0.15) is 0 Å². The number of halogens is 1. The van der Waals surface area contributed by atoms with Crippen LogP contribution in [0.4, 0.5) is 0 Å².